The van der Waals surface area contributed by atoms with Crippen molar-refractivity contribution in [2.75, 3.05) is 5.32 Å². The Balaban J connectivity index is 1.83. The molecule has 4 rings (SSSR count). The highest BCUT2D eigenvalue weighted by atomic mass is 16.3. The lowest BCUT2D eigenvalue weighted by atomic mass is 10.1. The fraction of sp³-hybridized carbons (Fsp3) is 0.0417. The van der Waals surface area contributed by atoms with Crippen LogP contribution in [-0.2, 0) is 0 Å². The Morgan fingerprint density at radius 3 is 2.17 bits per heavy atom. The number of aromatic hydroxyl groups is 1. The average Bonchev–Trinajstić information content (AvgIpc) is 2.77. The van der Waals surface area contributed by atoms with Crippen LogP contribution in [0.3, 0.4) is 0 Å². The van der Waals surface area contributed by atoms with Crippen molar-refractivity contribution in [3.05, 3.63) is 90.0 Å². The molecular weight excluding hydrogens is 360 g/mol. The molecule has 5 heteroatoms. The van der Waals surface area contributed by atoms with E-state index in [4.69, 9.17) is 5.26 Å². The first-order chi connectivity index (χ1) is 14.1. The van der Waals surface area contributed by atoms with Crippen LogP contribution in [0.2, 0.25) is 0 Å². The SMILES string of the molecule is Cc1ccc(-c2nc(-c3ccccc3)nc(Nc3ccc(C#N)cc3)c2O)cc1. The number of hydrogen-bond donors (Lipinski definition) is 2. The van der Waals surface area contributed by atoms with Crippen LogP contribution in [-0.4, -0.2) is 15.1 Å². The zero-order valence-corrected chi connectivity index (χ0v) is 15.8. The molecule has 0 aliphatic heterocycles. The third-order valence-electron chi connectivity index (χ3n) is 4.52. The van der Waals surface area contributed by atoms with Gasteiger partial charge in [0, 0.05) is 16.8 Å². The molecular formula is C24H18N4O. The van der Waals surface area contributed by atoms with Gasteiger partial charge in [-0.1, -0.05) is 60.2 Å². The van der Waals surface area contributed by atoms with E-state index in [0.717, 1.165) is 16.7 Å². The van der Waals surface area contributed by atoms with Crippen molar-refractivity contribution in [1.82, 2.24) is 9.97 Å². The second kappa shape index (κ2) is 7.83. The number of hydrogen-bond acceptors (Lipinski definition) is 5. The largest absolute Gasteiger partial charge is 0.503 e. The topological polar surface area (TPSA) is 81.8 Å². The molecule has 0 radical (unpaired) electrons. The van der Waals surface area contributed by atoms with Crippen LogP contribution in [0, 0.1) is 18.3 Å². The van der Waals surface area contributed by atoms with Crippen molar-refractivity contribution in [3.8, 4) is 34.5 Å². The molecule has 2 N–H and O–H groups in total. The van der Waals surface area contributed by atoms with Crippen molar-refractivity contribution in [2.24, 2.45) is 0 Å². The molecule has 3 aromatic carbocycles. The molecule has 29 heavy (non-hydrogen) atoms. The summed E-state index contributed by atoms with van der Waals surface area (Å²) in [6.45, 7) is 2.01. The summed E-state index contributed by atoms with van der Waals surface area (Å²) in [5.41, 5.74) is 4.51. The standard InChI is InChI=1S/C24H18N4O/c1-16-7-11-18(12-8-16)21-22(29)24(26-20-13-9-17(15-25)10-14-20)28-23(27-21)19-5-3-2-4-6-19/h2-14,29H,1H3,(H,26,27,28). The summed E-state index contributed by atoms with van der Waals surface area (Å²) < 4.78 is 0. The normalized spacial score (nSPS) is 10.3. The lowest BCUT2D eigenvalue weighted by molar-refractivity contribution is 0.475. The molecule has 0 atom stereocenters. The summed E-state index contributed by atoms with van der Waals surface area (Å²) in [5.74, 6) is 0.784. The molecule has 1 aromatic heterocycles. The van der Waals surface area contributed by atoms with E-state index in [1.807, 2.05) is 61.5 Å². The lowest BCUT2D eigenvalue weighted by Crippen LogP contribution is -2.00. The molecule has 0 spiro atoms. The first-order valence-electron chi connectivity index (χ1n) is 9.15. The number of nitrogens with one attached hydrogen (secondary N) is 1. The number of nitrogens with zero attached hydrogens (tertiary/aromatic N) is 3. The van der Waals surface area contributed by atoms with Crippen LogP contribution in [0.5, 0.6) is 5.75 Å². The molecule has 140 valence electrons. The van der Waals surface area contributed by atoms with Gasteiger partial charge in [-0.3, -0.25) is 0 Å². The van der Waals surface area contributed by atoms with Crippen molar-refractivity contribution >= 4 is 11.5 Å². The predicted octanol–water partition coefficient (Wildman–Crippen LogP) is 5.44. The zero-order valence-electron chi connectivity index (χ0n) is 15.8. The summed E-state index contributed by atoms with van der Waals surface area (Å²) in [5, 5.41) is 23.0. The molecule has 0 bridgehead atoms. The number of rotatable bonds is 4. The van der Waals surface area contributed by atoms with Gasteiger partial charge < -0.3 is 10.4 Å². The van der Waals surface area contributed by atoms with Crippen LogP contribution in [0.25, 0.3) is 22.6 Å². The van der Waals surface area contributed by atoms with E-state index in [-0.39, 0.29) is 5.75 Å². The van der Waals surface area contributed by atoms with Crippen LogP contribution >= 0.6 is 0 Å². The van der Waals surface area contributed by atoms with Crippen LogP contribution in [0.4, 0.5) is 11.5 Å². The number of benzene rings is 3. The number of aryl methyl sites for hydroxylation is 1. The molecule has 4 aromatic rings. The summed E-state index contributed by atoms with van der Waals surface area (Å²) in [6, 6.07) is 26.5. The van der Waals surface area contributed by atoms with Gasteiger partial charge in [0.25, 0.3) is 0 Å². The maximum Gasteiger partial charge on any atom is 0.185 e. The van der Waals surface area contributed by atoms with Gasteiger partial charge in [-0.05, 0) is 31.2 Å². The number of anilines is 2. The van der Waals surface area contributed by atoms with Gasteiger partial charge in [-0.2, -0.15) is 5.26 Å². The maximum atomic E-state index is 10.9. The molecule has 0 saturated heterocycles. The van der Waals surface area contributed by atoms with Gasteiger partial charge in [0.05, 0.1) is 11.6 Å². The molecule has 0 aliphatic carbocycles. The van der Waals surface area contributed by atoms with Crippen LogP contribution < -0.4 is 5.32 Å². The third-order valence-corrected chi connectivity index (χ3v) is 4.52. The van der Waals surface area contributed by atoms with E-state index >= 15 is 0 Å². The lowest BCUT2D eigenvalue weighted by Gasteiger charge is -2.13. The predicted molar refractivity (Wildman–Crippen MR) is 114 cm³/mol. The first-order valence-corrected chi connectivity index (χ1v) is 9.15. The fourth-order valence-corrected chi connectivity index (χ4v) is 2.94. The molecule has 0 saturated carbocycles. The number of nitriles is 1. The Labute approximate surface area is 169 Å². The van der Waals surface area contributed by atoms with E-state index in [0.29, 0.717) is 28.6 Å². The summed E-state index contributed by atoms with van der Waals surface area (Å²) in [7, 11) is 0. The van der Waals surface area contributed by atoms with Crippen molar-refractivity contribution < 1.29 is 5.11 Å². The van der Waals surface area contributed by atoms with Gasteiger partial charge in [0.1, 0.15) is 5.69 Å². The average molecular weight is 378 g/mol. The summed E-state index contributed by atoms with van der Waals surface area (Å²) >= 11 is 0. The Kier molecular flexibility index (Phi) is 4.91. The van der Waals surface area contributed by atoms with Crippen molar-refractivity contribution in [2.45, 2.75) is 6.92 Å². The van der Waals surface area contributed by atoms with E-state index < -0.39 is 0 Å². The van der Waals surface area contributed by atoms with Gasteiger partial charge in [0.15, 0.2) is 17.4 Å². The minimum Gasteiger partial charge on any atom is -0.503 e. The fourth-order valence-electron chi connectivity index (χ4n) is 2.94. The van der Waals surface area contributed by atoms with Gasteiger partial charge in [0.2, 0.25) is 0 Å². The van der Waals surface area contributed by atoms with Gasteiger partial charge in [-0.25, -0.2) is 9.97 Å². The third kappa shape index (κ3) is 3.92. The molecule has 0 amide bonds. The van der Waals surface area contributed by atoms with E-state index in [9.17, 15) is 5.11 Å². The molecule has 0 aliphatic rings. The summed E-state index contributed by atoms with van der Waals surface area (Å²) in [4.78, 5) is 9.17. The van der Waals surface area contributed by atoms with Gasteiger partial charge in [-0.15, -0.1) is 0 Å². The Bertz CT molecular complexity index is 1180. The molecule has 0 fully saturated rings. The number of aromatic nitrogens is 2. The highest BCUT2D eigenvalue weighted by molar-refractivity contribution is 5.77. The van der Waals surface area contributed by atoms with Crippen molar-refractivity contribution in [3.63, 3.8) is 0 Å². The second-order valence-corrected chi connectivity index (χ2v) is 6.64. The second-order valence-electron chi connectivity index (χ2n) is 6.64. The van der Waals surface area contributed by atoms with Gasteiger partial charge >= 0.3 is 0 Å². The van der Waals surface area contributed by atoms with Crippen LogP contribution in [0.15, 0.2) is 78.9 Å². The minimum atomic E-state index is -0.0297. The quantitative estimate of drug-likeness (QED) is 0.494. The Hall–Kier alpha value is -4.17. The molecule has 5 nitrogen and oxygen atoms in total. The molecule has 0 unspecified atom stereocenters. The Morgan fingerprint density at radius 1 is 0.828 bits per heavy atom. The van der Waals surface area contributed by atoms with Crippen molar-refractivity contribution in [1.29, 1.82) is 5.26 Å². The minimum absolute atomic E-state index is 0.0297. The maximum absolute atomic E-state index is 10.9. The van der Waals surface area contributed by atoms with E-state index in [1.54, 1.807) is 24.3 Å². The van der Waals surface area contributed by atoms with E-state index in [1.165, 1.54) is 0 Å². The molecule has 1 heterocycles. The first kappa shape index (κ1) is 18.2. The summed E-state index contributed by atoms with van der Waals surface area (Å²) in [6.07, 6.45) is 0. The smallest absolute Gasteiger partial charge is 0.185 e. The zero-order chi connectivity index (χ0) is 20.2. The highest BCUT2D eigenvalue weighted by Crippen LogP contribution is 2.36. The Morgan fingerprint density at radius 2 is 1.52 bits per heavy atom. The highest BCUT2D eigenvalue weighted by Gasteiger charge is 2.16. The van der Waals surface area contributed by atoms with E-state index in [2.05, 4.69) is 21.4 Å². The van der Waals surface area contributed by atoms with Crippen LogP contribution in [0.1, 0.15) is 11.1 Å². The monoisotopic (exact) mass is 378 g/mol.